The summed E-state index contributed by atoms with van der Waals surface area (Å²) in [6.07, 6.45) is -7.57. The van der Waals surface area contributed by atoms with Crippen LogP contribution in [-0.2, 0) is 27.6 Å². The van der Waals surface area contributed by atoms with E-state index in [-0.39, 0.29) is 31.6 Å². The molecule has 0 radical (unpaired) electrons. The Labute approximate surface area is 223 Å². The van der Waals surface area contributed by atoms with Crippen LogP contribution in [-0.4, -0.2) is 76.7 Å². The van der Waals surface area contributed by atoms with Crippen LogP contribution < -0.4 is 15.8 Å². The number of hydrogen-bond acceptors (Lipinski definition) is 8. The molecule has 2 aliphatic heterocycles. The number of amides is 1. The minimum Gasteiger partial charge on any atom is -0.379 e. The van der Waals surface area contributed by atoms with Crippen LogP contribution in [0.4, 0.5) is 37.8 Å². The first-order valence-corrected chi connectivity index (χ1v) is 13.2. The number of anilines is 2. The molecule has 1 saturated heterocycles. The smallest absolute Gasteiger partial charge is 0.379 e. The number of hydrogen-bond donors (Lipinski definition) is 2. The first kappa shape index (κ1) is 29.0. The number of ether oxygens (including phenoxy) is 1. The quantitative estimate of drug-likeness (QED) is 0.380. The minimum absolute atomic E-state index is 0.0210. The summed E-state index contributed by atoms with van der Waals surface area (Å²) in [6, 6.07) is 0.425. The molecule has 16 heteroatoms. The van der Waals surface area contributed by atoms with Crippen LogP contribution >= 0.6 is 11.8 Å². The van der Waals surface area contributed by atoms with Gasteiger partial charge in [0.2, 0.25) is 5.91 Å². The Balaban J connectivity index is 1.26. The monoisotopic (exact) mass is 580 g/mol. The molecule has 0 aliphatic carbocycles. The van der Waals surface area contributed by atoms with Crippen molar-refractivity contribution in [1.29, 1.82) is 0 Å². The molecule has 4 heterocycles. The Morgan fingerprint density at radius 1 is 1.23 bits per heavy atom. The summed E-state index contributed by atoms with van der Waals surface area (Å²) in [7, 11) is 0. The highest BCUT2D eigenvalue weighted by atomic mass is 32.2. The number of H-pyrrole nitrogens is 1. The van der Waals surface area contributed by atoms with Crippen LogP contribution in [0.3, 0.4) is 0 Å². The first-order valence-electron chi connectivity index (χ1n) is 12.0. The number of aromatic nitrogens is 3. The second-order valence-electron chi connectivity index (χ2n) is 9.26. The average molecular weight is 581 g/mol. The third-order valence-corrected chi connectivity index (χ3v) is 7.45. The highest BCUT2D eigenvalue weighted by molar-refractivity contribution is 7.98. The number of pyridine rings is 1. The van der Waals surface area contributed by atoms with Gasteiger partial charge in [0.05, 0.1) is 43.1 Å². The molecule has 9 nitrogen and oxygen atoms in total. The van der Waals surface area contributed by atoms with E-state index >= 15 is 0 Å². The molecule has 0 saturated carbocycles. The van der Waals surface area contributed by atoms with Gasteiger partial charge < -0.3 is 19.9 Å². The molecule has 214 valence electrons. The number of rotatable bonds is 7. The van der Waals surface area contributed by atoms with E-state index in [1.165, 1.54) is 11.8 Å². The van der Waals surface area contributed by atoms with E-state index in [1.807, 2.05) is 4.90 Å². The third kappa shape index (κ3) is 6.96. The topological polar surface area (TPSA) is 103 Å². The van der Waals surface area contributed by atoms with E-state index < -0.39 is 40.8 Å². The number of carbonyl (C=O) groups excluding carboxylic acids is 1. The standard InChI is InChI=1S/C23H26F6N6O3S/c1-13(32-17-8-31-33-21(37)19(17)23(27,28)29)10-38-5-2-18(36)34-3-4-35-16(9-34)12-39-11-14-6-15(22(24,25)26)7-30-20(14)35/h6-8,13,16H,2-5,9-12H2,1H3,(H2,32,33,37)/t13-,16-/m0/s1. The Kier molecular flexibility index (Phi) is 8.63. The van der Waals surface area contributed by atoms with E-state index in [0.717, 1.165) is 18.5 Å². The SMILES string of the molecule is C[C@@H](COCCC(=O)N1CCN2c3ncc(C(F)(F)F)cc3CSC[C@@H]2C1)Nc1cn[nH]c(=O)c1C(F)(F)F. The predicted octanol–water partition coefficient (Wildman–Crippen LogP) is 3.37. The van der Waals surface area contributed by atoms with Crippen molar-refractivity contribution < 1.29 is 35.9 Å². The molecular formula is C23H26F6N6O3S. The van der Waals surface area contributed by atoms with E-state index in [9.17, 15) is 35.9 Å². The summed E-state index contributed by atoms with van der Waals surface area (Å²) in [5.41, 5.74) is -3.47. The summed E-state index contributed by atoms with van der Waals surface area (Å²) in [5, 5.41) is 7.73. The maximum Gasteiger partial charge on any atom is 0.423 e. The molecule has 1 amide bonds. The number of piperazine rings is 1. The van der Waals surface area contributed by atoms with Gasteiger partial charge in [0, 0.05) is 48.9 Å². The maximum absolute atomic E-state index is 13.2. The van der Waals surface area contributed by atoms with Gasteiger partial charge in [-0.3, -0.25) is 9.59 Å². The largest absolute Gasteiger partial charge is 0.423 e. The molecule has 4 rings (SSSR count). The van der Waals surface area contributed by atoms with Crippen LogP contribution in [0, 0.1) is 0 Å². The summed E-state index contributed by atoms with van der Waals surface area (Å²) in [4.78, 5) is 32.1. The van der Waals surface area contributed by atoms with Gasteiger partial charge in [-0.1, -0.05) is 0 Å². The number of fused-ring (bicyclic) bond motifs is 3. The molecule has 1 fully saturated rings. The summed E-state index contributed by atoms with van der Waals surface area (Å²) in [5.74, 6) is 1.37. The molecule has 2 aliphatic rings. The molecule has 2 N–H and O–H groups in total. The van der Waals surface area contributed by atoms with Gasteiger partial charge in [-0.15, -0.1) is 0 Å². The van der Waals surface area contributed by atoms with Crippen molar-refractivity contribution >= 4 is 29.2 Å². The second kappa shape index (κ2) is 11.6. The molecule has 39 heavy (non-hydrogen) atoms. The van der Waals surface area contributed by atoms with E-state index in [0.29, 0.717) is 42.5 Å². The van der Waals surface area contributed by atoms with Crippen molar-refractivity contribution in [3.63, 3.8) is 0 Å². The third-order valence-electron chi connectivity index (χ3n) is 6.32. The lowest BCUT2D eigenvalue weighted by molar-refractivity contribution is -0.138. The van der Waals surface area contributed by atoms with Gasteiger partial charge in [-0.05, 0) is 13.0 Å². The fourth-order valence-corrected chi connectivity index (χ4v) is 5.61. The number of alkyl halides is 6. The highest BCUT2D eigenvalue weighted by Gasteiger charge is 2.38. The summed E-state index contributed by atoms with van der Waals surface area (Å²) in [6.45, 7) is 2.77. The number of nitrogens with zero attached hydrogens (tertiary/aromatic N) is 4. The zero-order valence-corrected chi connectivity index (χ0v) is 21.5. The molecule has 0 bridgehead atoms. The normalized spacial score (nSPS) is 18.7. The maximum atomic E-state index is 13.2. The zero-order valence-electron chi connectivity index (χ0n) is 20.7. The number of thioether (sulfide) groups is 1. The highest BCUT2D eigenvalue weighted by Crippen LogP contribution is 2.36. The van der Waals surface area contributed by atoms with Crippen LogP contribution in [0.1, 0.15) is 30.0 Å². The van der Waals surface area contributed by atoms with Crippen molar-refractivity contribution in [2.75, 3.05) is 48.8 Å². The fourth-order valence-electron chi connectivity index (χ4n) is 4.51. The number of halogens is 6. The second-order valence-corrected chi connectivity index (χ2v) is 10.3. The van der Waals surface area contributed by atoms with Crippen molar-refractivity contribution in [3.8, 4) is 0 Å². The number of nitrogens with one attached hydrogen (secondary N) is 2. The predicted molar refractivity (Wildman–Crippen MR) is 131 cm³/mol. The molecule has 2 aromatic heterocycles. The first-order chi connectivity index (χ1) is 18.3. The average Bonchev–Trinajstić information content (AvgIpc) is 3.03. The molecular weight excluding hydrogens is 554 g/mol. The van der Waals surface area contributed by atoms with Crippen molar-refractivity contribution in [2.45, 2.75) is 43.5 Å². The van der Waals surface area contributed by atoms with Crippen LogP contribution in [0.15, 0.2) is 23.3 Å². The molecule has 0 spiro atoms. The van der Waals surface area contributed by atoms with Gasteiger partial charge >= 0.3 is 12.4 Å². The number of aromatic amines is 1. The van der Waals surface area contributed by atoms with Crippen LogP contribution in [0.25, 0.3) is 0 Å². The zero-order chi connectivity index (χ0) is 28.4. The lowest BCUT2D eigenvalue weighted by Gasteiger charge is -2.41. The van der Waals surface area contributed by atoms with Gasteiger partial charge in [0.1, 0.15) is 11.4 Å². The van der Waals surface area contributed by atoms with Crippen molar-refractivity contribution in [1.82, 2.24) is 20.1 Å². The van der Waals surface area contributed by atoms with E-state index in [1.54, 1.807) is 16.9 Å². The number of carbonyl (C=O) groups is 1. The summed E-state index contributed by atoms with van der Waals surface area (Å²) < 4.78 is 84.3. The Morgan fingerprint density at radius 3 is 2.72 bits per heavy atom. The fraction of sp³-hybridized carbons (Fsp3) is 0.565. The van der Waals surface area contributed by atoms with Gasteiger partial charge in [-0.2, -0.15) is 43.2 Å². The molecule has 2 atom stereocenters. The molecule has 0 aromatic carbocycles. The van der Waals surface area contributed by atoms with E-state index in [4.69, 9.17) is 4.74 Å². The van der Waals surface area contributed by atoms with Crippen molar-refractivity contribution in [3.05, 3.63) is 45.5 Å². The molecule has 0 unspecified atom stereocenters. The Bertz CT molecular complexity index is 1240. The summed E-state index contributed by atoms with van der Waals surface area (Å²) >= 11 is 1.49. The van der Waals surface area contributed by atoms with Crippen LogP contribution in [0.2, 0.25) is 0 Å². The Hall–Kier alpha value is -3.01. The van der Waals surface area contributed by atoms with Gasteiger partial charge in [0.25, 0.3) is 5.56 Å². The molecule has 2 aromatic rings. The lowest BCUT2D eigenvalue weighted by Crippen LogP contribution is -2.56. The van der Waals surface area contributed by atoms with Gasteiger partial charge in [0.15, 0.2) is 0 Å². The van der Waals surface area contributed by atoms with Gasteiger partial charge in [-0.25, -0.2) is 10.1 Å². The van der Waals surface area contributed by atoms with E-state index in [2.05, 4.69) is 15.4 Å². The minimum atomic E-state index is -4.87. The Morgan fingerprint density at radius 2 is 2.00 bits per heavy atom. The van der Waals surface area contributed by atoms with Crippen molar-refractivity contribution in [2.24, 2.45) is 0 Å². The lowest BCUT2D eigenvalue weighted by atomic mass is 10.1. The van der Waals surface area contributed by atoms with Crippen LogP contribution in [0.5, 0.6) is 0 Å².